The van der Waals surface area contributed by atoms with Crippen LogP contribution in [0.15, 0.2) is 48.5 Å². The summed E-state index contributed by atoms with van der Waals surface area (Å²) in [6.45, 7) is 3.27. The second-order valence-corrected chi connectivity index (χ2v) is 8.17. The van der Waals surface area contributed by atoms with Crippen molar-refractivity contribution in [3.63, 3.8) is 0 Å². The van der Waals surface area contributed by atoms with E-state index in [1.807, 2.05) is 31.2 Å². The van der Waals surface area contributed by atoms with E-state index in [4.69, 9.17) is 0 Å². The highest BCUT2D eigenvalue weighted by atomic mass is 32.2. The average molecular weight is 389 g/mol. The number of carbonyl (C=O) groups is 2. The van der Waals surface area contributed by atoms with E-state index in [1.54, 1.807) is 18.2 Å². The van der Waals surface area contributed by atoms with Crippen molar-refractivity contribution in [1.29, 1.82) is 0 Å². The highest BCUT2D eigenvalue weighted by Gasteiger charge is 2.21. The topological polar surface area (TPSA) is 95.6 Å². The van der Waals surface area contributed by atoms with Gasteiger partial charge in [0.1, 0.15) is 6.54 Å². The van der Waals surface area contributed by atoms with E-state index in [0.29, 0.717) is 17.9 Å². The molecule has 0 saturated heterocycles. The maximum atomic E-state index is 12.3. The minimum absolute atomic E-state index is 0.269. The summed E-state index contributed by atoms with van der Waals surface area (Å²) in [5, 5.41) is 5.33. The summed E-state index contributed by atoms with van der Waals surface area (Å²) in [5.74, 6) is -0.694. The molecule has 2 amide bonds. The van der Waals surface area contributed by atoms with Gasteiger partial charge in [0.25, 0.3) is 0 Å². The zero-order valence-corrected chi connectivity index (χ0v) is 16.3. The Kier molecular flexibility index (Phi) is 6.57. The number of sulfonamides is 1. The molecule has 0 bridgehead atoms. The molecule has 0 atom stereocenters. The van der Waals surface area contributed by atoms with Crippen LogP contribution in [-0.4, -0.2) is 33.0 Å². The smallest absolute Gasteiger partial charge is 0.241 e. The largest absolute Gasteiger partial charge is 0.350 e. The Hall–Kier alpha value is -2.87. The van der Waals surface area contributed by atoms with Gasteiger partial charge in [-0.05, 0) is 30.7 Å². The average Bonchev–Trinajstić information content (AvgIpc) is 2.56. The van der Waals surface area contributed by atoms with Gasteiger partial charge in [-0.1, -0.05) is 35.9 Å². The Labute approximate surface area is 159 Å². The third kappa shape index (κ3) is 6.41. The summed E-state index contributed by atoms with van der Waals surface area (Å²) in [6, 6.07) is 14.0. The lowest BCUT2D eigenvalue weighted by Crippen LogP contribution is -2.40. The molecule has 0 saturated carbocycles. The minimum atomic E-state index is -3.69. The molecule has 0 radical (unpaired) electrons. The summed E-state index contributed by atoms with van der Waals surface area (Å²) in [5.41, 5.74) is 2.76. The lowest BCUT2D eigenvalue weighted by Gasteiger charge is -2.22. The molecule has 2 aromatic carbocycles. The molecule has 0 fully saturated rings. The monoisotopic (exact) mass is 389 g/mol. The van der Waals surface area contributed by atoms with Crippen LogP contribution in [0.1, 0.15) is 18.1 Å². The lowest BCUT2D eigenvalue weighted by atomic mass is 10.1. The minimum Gasteiger partial charge on any atom is -0.350 e. The molecule has 0 aliphatic heterocycles. The Morgan fingerprint density at radius 1 is 1.07 bits per heavy atom. The summed E-state index contributed by atoms with van der Waals surface area (Å²) in [4.78, 5) is 23.5. The molecule has 0 heterocycles. The van der Waals surface area contributed by atoms with Crippen molar-refractivity contribution in [2.75, 3.05) is 22.4 Å². The maximum absolute atomic E-state index is 12.3. The number of nitrogens with one attached hydrogen (secondary N) is 2. The fourth-order valence-corrected chi connectivity index (χ4v) is 3.40. The van der Waals surface area contributed by atoms with Gasteiger partial charge < -0.3 is 10.6 Å². The number of aryl methyl sites for hydroxylation is 1. The van der Waals surface area contributed by atoms with E-state index >= 15 is 0 Å². The number of hydrogen-bond donors (Lipinski definition) is 2. The zero-order chi connectivity index (χ0) is 20.0. The van der Waals surface area contributed by atoms with E-state index in [-0.39, 0.29) is 12.5 Å². The summed E-state index contributed by atoms with van der Waals surface area (Å²) < 4.78 is 25.4. The number of hydrogen-bond acceptors (Lipinski definition) is 4. The van der Waals surface area contributed by atoms with Gasteiger partial charge >= 0.3 is 0 Å². The van der Waals surface area contributed by atoms with E-state index in [1.165, 1.54) is 13.0 Å². The van der Waals surface area contributed by atoms with E-state index in [0.717, 1.165) is 21.7 Å². The van der Waals surface area contributed by atoms with Crippen LogP contribution in [0, 0.1) is 6.92 Å². The zero-order valence-electron chi connectivity index (χ0n) is 15.5. The fraction of sp³-hybridized carbons (Fsp3) is 0.263. The van der Waals surface area contributed by atoms with Crippen molar-refractivity contribution in [2.45, 2.75) is 20.4 Å². The van der Waals surface area contributed by atoms with Crippen molar-refractivity contribution in [3.05, 3.63) is 59.7 Å². The molecule has 0 aliphatic carbocycles. The quantitative estimate of drug-likeness (QED) is 0.757. The van der Waals surface area contributed by atoms with Gasteiger partial charge in [-0.25, -0.2) is 8.42 Å². The first-order valence-corrected chi connectivity index (χ1v) is 10.2. The van der Waals surface area contributed by atoms with Gasteiger partial charge in [0, 0.05) is 19.2 Å². The van der Waals surface area contributed by atoms with Gasteiger partial charge in [0.15, 0.2) is 0 Å². The molecule has 2 rings (SSSR count). The van der Waals surface area contributed by atoms with Crippen molar-refractivity contribution in [2.24, 2.45) is 0 Å². The number of rotatable bonds is 7. The van der Waals surface area contributed by atoms with Crippen LogP contribution in [0.4, 0.5) is 11.4 Å². The molecule has 2 N–H and O–H groups in total. The van der Waals surface area contributed by atoms with Crippen LogP contribution < -0.4 is 14.9 Å². The van der Waals surface area contributed by atoms with Gasteiger partial charge in [-0.3, -0.25) is 13.9 Å². The molecular formula is C19H23N3O4S. The first kappa shape index (κ1) is 20.4. The maximum Gasteiger partial charge on any atom is 0.241 e. The van der Waals surface area contributed by atoms with Crippen LogP contribution >= 0.6 is 0 Å². The Morgan fingerprint density at radius 2 is 1.78 bits per heavy atom. The molecule has 27 heavy (non-hydrogen) atoms. The number of benzene rings is 2. The predicted octanol–water partition coefficient (Wildman–Crippen LogP) is 2.04. The fourth-order valence-electron chi connectivity index (χ4n) is 2.55. The molecule has 0 aliphatic rings. The molecule has 0 spiro atoms. The Balaban J connectivity index is 2.13. The second kappa shape index (κ2) is 8.68. The molecule has 144 valence electrons. The van der Waals surface area contributed by atoms with Crippen LogP contribution in [0.3, 0.4) is 0 Å². The number of carbonyl (C=O) groups excluding carboxylic acids is 2. The van der Waals surface area contributed by atoms with Crippen LogP contribution in [-0.2, 0) is 26.2 Å². The second-order valence-electron chi connectivity index (χ2n) is 6.27. The van der Waals surface area contributed by atoms with Gasteiger partial charge in [-0.2, -0.15) is 0 Å². The standard InChI is InChI=1S/C19H23N3O4S/c1-14-6-4-7-16(10-14)12-20-19(24)13-22(27(3,25)26)18-9-5-8-17(11-18)21-15(2)23/h4-11H,12-13H2,1-3H3,(H,20,24)(H,21,23). The first-order valence-electron chi connectivity index (χ1n) is 8.33. The van der Waals surface area contributed by atoms with E-state index in [9.17, 15) is 18.0 Å². The Bertz CT molecular complexity index is 941. The van der Waals surface area contributed by atoms with Crippen LogP contribution in [0.25, 0.3) is 0 Å². The first-order chi connectivity index (χ1) is 12.6. The predicted molar refractivity (Wildman–Crippen MR) is 106 cm³/mol. The van der Waals surface area contributed by atoms with Crippen molar-refractivity contribution in [1.82, 2.24) is 5.32 Å². The molecule has 8 heteroatoms. The molecular weight excluding hydrogens is 366 g/mol. The van der Waals surface area contributed by atoms with Gasteiger partial charge in [0.2, 0.25) is 21.8 Å². The number of amides is 2. The highest BCUT2D eigenvalue weighted by Crippen LogP contribution is 2.21. The SMILES string of the molecule is CC(=O)Nc1cccc(N(CC(=O)NCc2cccc(C)c2)S(C)(=O)=O)c1. The summed E-state index contributed by atoms with van der Waals surface area (Å²) in [6.07, 6.45) is 1.03. The summed E-state index contributed by atoms with van der Waals surface area (Å²) in [7, 11) is -3.69. The summed E-state index contributed by atoms with van der Waals surface area (Å²) >= 11 is 0. The lowest BCUT2D eigenvalue weighted by molar-refractivity contribution is -0.119. The van der Waals surface area contributed by atoms with Crippen LogP contribution in [0.5, 0.6) is 0 Å². The van der Waals surface area contributed by atoms with Gasteiger partial charge in [0.05, 0.1) is 11.9 Å². The third-order valence-electron chi connectivity index (χ3n) is 3.71. The van der Waals surface area contributed by atoms with Crippen molar-refractivity contribution in [3.8, 4) is 0 Å². The number of nitrogens with zero attached hydrogens (tertiary/aromatic N) is 1. The molecule has 2 aromatic rings. The molecule has 0 aromatic heterocycles. The third-order valence-corrected chi connectivity index (χ3v) is 4.85. The van der Waals surface area contributed by atoms with E-state index < -0.39 is 15.9 Å². The molecule has 0 unspecified atom stereocenters. The molecule has 7 nitrogen and oxygen atoms in total. The van der Waals surface area contributed by atoms with Crippen molar-refractivity contribution < 1.29 is 18.0 Å². The number of anilines is 2. The van der Waals surface area contributed by atoms with Gasteiger partial charge in [-0.15, -0.1) is 0 Å². The van der Waals surface area contributed by atoms with Crippen LogP contribution in [0.2, 0.25) is 0 Å². The highest BCUT2D eigenvalue weighted by molar-refractivity contribution is 7.92. The van der Waals surface area contributed by atoms with Crippen molar-refractivity contribution >= 4 is 33.2 Å². The van der Waals surface area contributed by atoms with E-state index in [2.05, 4.69) is 10.6 Å². The normalized spacial score (nSPS) is 10.9. The Morgan fingerprint density at radius 3 is 2.41 bits per heavy atom.